The molecular weight excluding hydrogens is 364 g/mol. The Morgan fingerprint density at radius 2 is 1.39 bits per heavy atom. The van der Waals surface area contributed by atoms with E-state index in [1.54, 1.807) is 0 Å². The average Bonchev–Trinajstić information content (AvgIpc) is 3.34. The first-order chi connectivity index (χ1) is 13.6. The minimum atomic E-state index is 0.999. The number of aromatic nitrogens is 2. The summed E-state index contributed by atoms with van der Waals surface area (Å²) in [7, 11) is 4.25. The van der Waals surface area contributed by atoms with E-state index >= 15 is 0 Å². The van der Waals surface area contributed by atoms with Gasteiger partial charge in [0.2, 0.25) is 0 Å². The minimum absolute atomic E-state index is 0.999. The summed E-state index contributed by atoms with van der Waals surface area (Å²) in [4.78, 5) is 9.51. The summed E-state index contributed by atoms with van der Waals surface area (Å²) < 4.78 is 2.38. The Morgan fingerprint density at radius 1 is 0.857 bits per heavy atom. The number of anilines is 2. The van der Waals surface area contributed by atoms with Gasteiger partial charge in [0.15, 0.2) is 5.16 Å². The lowest BCUT2D eigenvalue weighted by Gasteiger charge is -2.18. The first-order valence-electron chi connectivity index (χ1n) is 9.98. The Morgan fingerprint density at radius 3 is 1.93 bits per heavy atom. The highest BCUT2D eigenvalue weighted by Crippen LogP contribution is 2.39. The molecule has 1 aliphatic heterocycles. The first kappa shape index (κ1) is 18.9. The fourth-order valence-corrected chi connectivity index (χ4v) is 4.54. The molecule has 0 unspecified atom stereocenters. The van der Waals surface area contributed by atoms with E-state index in [2.05, 4.69) is 90.8 Å². The van der Waals surface area contributed by atoms with Crippen LogP contribution in [0.3, 0.4) is 0 Å². The summed E-state index contributed by atoms with van der Waals surface area (Å²) >= 11 is 1.85. The normalized spacial score (nSPS) is 12.9. The van der Waals surface area contributed by atoms with Gasteiger partial charge in [-0.15, -0.1) is 0 Å². The average molecular weight is 393 g/mol. The van der Waals surface area contributed by atoms with Crippen LogP contribution in [0, 0.1) is 0 Å². The minimum Gasteiger partial charge on any atom is -0.375 e. The Bertz CT molecular complexity index is 944. The highest BCUT2D eigenvalue weighted by atomic mass is 32.2. The molecule has 0 saturated carbocycles. The van der Waals surface area contributed by atoms with Gasteiger partial charge in [-0.3, -0.25) is 0 Å². The number of benzene rings is 2. The molecule has 1 aliphatic rings. The van der Waals surface area contributed by atoms with Gasteiger partial charge in [-0.1, -0.05) is 36.0 Å². The standard InChI is InChI=1S/C23H28N4S/c1-5-25(3)19-11-7-17(8-12-19)21-22(27-15-16-28-23(27)24-21)18-9-13-20(14-10-18)26(4)6-2/h7-14H,5-6,15-16H2,1-4H3. The summed E-state index contributed by atoms with van der Waals surface area (Å²) in [5.41, 5.74) is 7.22. The number of rotatable bonds is 6. The molecule has 1 aromatic heterocycles. The van der Waals surface area contributed by atoms with Crippen LogP contribution >= 0.6 is 11.8 Å². The van der Waals surface area contributed by atoms with Gasteiger partial charge in [-0.05, 0) is 38.1 Å². The number of hydrogen-bond acceptors (Lipinski definition) is 4. The maximum absolute atomic E-state index is 5.01. The monoisotopic (exact) mass is 392 g/mol. The molecule has 2 heterocycles. The summed E-state index contributed by atoms with van der Waals surface area (Å²) in [6, 6.07) is 17.7. The number of imidazole rings is 1. The zero-order valence-electron chi connectivity index (χ0n) is 17.1. The molecule has 0 bridgehead atoms. The molecule has 4 nitrogen and oxygen atoms in total. The van der Waals surface area contributed by atoms with Crippen molar-refractivity contribution in [3.05, 3.63) is 48.5 Å². The number of fused-ring (bicyclic) bond motifs is 1. The summed E-state index contributed by atoms with van der Waals surface area (Å²) in [5.74, 6) is 1.10. The number of hydrogen-bond donors (Lipinski definition) is 0. The van der Waals surface area contributed by atoms with Crippen LogP contribution in [0.15, 0.2) is 53.7 Å². The second kappa shape index (κ2) is 7.92. The molecular formula is C23H28N4S. The molecule has 0 amide bonds. The van der Waals surface area contributed by atoms with Crippen molar-refractivity contribution in [2.75, 3.05) is 42.7 Å². The molecule has 0 atom stereocenters. The van der Waals surface area contributed by atoms with Crippen LogP contribution in [0.5, 0.6) is 0 Å². The Labute approximate surface area is 172 Å². The molecule has 0 spiro atoms. The van der Waals surface area contributed by atoms with Crippen molar-refractivity contribution < 1.29 is 0 Å². The smallest absolute Gasteiger partial charge is 0.169 e. The highest BCUT2D eigenvalue weighted by Gasteiger charge is 2.23. The predicted molar refractivity (Wildman–Crippen MR) is 122 cm³/mol. The zero-order chi connectivity index (χ0) is 19.7. The van der Waals surface area contributed by atoms with Crippen LogP contribution in [0.4, 0.5) is 11.4 Å². The molecule has 3 aromatic rings. The maximum atomic E-state index is 5.01. The van der Waals surface area contributed by atoms with Gasteiger partial charge in [0.25, 0.3) is 0 Å². The number of nitrogens with zero attached hydrogens (tertiary/aromatic N) is 4. The molecule has 0 aliphatic carbocycles. The molecule has 5 heteroatoms. The van der Waals surface area contributed by atoms with Crippen LogP contribution in [0.1, 0.15) is 13.8 Å². The summed E-state index contributed by atoms with van der Waals surface area (Å²) in [6.45, 7) is 7.37. The van der Waals surface area contributed by atoms with E-state index in [4.69, 9.17) is 4.98 Å². The van der Waals surface area contributed by atoms with Crippen molar-refractivity contribution in [3.8, 4) is 22.5 Å². The number of thioether (sulfide) groups is 1. The maximum Gasteiger partial charge on any atom is 0.169 e. The van der Waals surface area contributed by atoms with Crippen LogP contribution in [-0.2, 0) is 6.54 Å². The van der Waals surface area contributed by atoms with Crippen LogP contribution in [-0.4, -0.2) is 42.5 Å². The van der Waals surface area contributed by atoms with Gasteiger partial charge in [-0.25, -0.2) is 4.98 Å². The first-order valence-corrected chi connectivity index (χ1v) is 11.0. The molecule has 146 valence electrons. The van der Waals surface area contributed by atoms with E-state index in [0.717, 1.165) is 36.2 Å². The SMILES string of the molecule is CCN(C)c1ccc(-c2nc3n(c2-c2ccc(N(C)CC)cc2)CCS3)cc1. The molecule has 2 aromatic carbocycles. The summed E-state index contributed by atoms with van der Waals surface area (Å²) in [5, 5.41) is 1.13. The molecule has 0 radical (unpaired) electrons. The van der Waals surface area contributed by atoms with E-state index in [1.807, 2.05) is 11.8 Å². The van der Waals surface area contributed by atoms with Gasteiger partial charge in [0, 0.05) is 62.0 Å². The zero-order valence-corrected chi connectivity index (χ0v) is 18.0. The van der Waals surface area contributed by atoms with E-state index in [1.165, 1.54) is 28.2 Å². The van der Waals surface area contributed by atoms with Crippen molar-refractivity contribution in [1.29, 1.82) is 0 Å². The van der Waals surface area contributed by atoms with Crippen molar-refractivity contribution >= 4 is 23.1 Å². The molecule has 4 rings (SSSR count). The molecule has 0 N–H and O–H groups in total. The lowest BCUT2D eigenvalue weighted by atomic mass is 10.0. The van der Waals surface area contributed by atoms with Gasteiger partial charge in [-0.2, -0.15) is 0 Å². The third-order valence-electron chi connectivity index (χ3n) is 5.59. The fraction of sp³-hybridized carbons (Fsp3) is 0.348. The van der Waals surface area contributed by atoms with Gasteiger partial charge in [0.05, 0.1) is 11.4 Å². The topological polar surface area (TPSA) is 24.3 Å². The largest absolute Gasteiger partial charge is 0.375 e. The molecule has 28 heavy (non-hydrogen) atoms. The van der Waals surface area contributed by atoms with Crippen molar-refractivity contribution in [2.45, 2.75) is 25.5 Å². The second-order valence-corrected chi connectivity index (χ2v) is 8.28. The van der Waals surface area contributed by atoms with Gasteiger partial charge in [0.1, 0.15) is 0 Å². The summed E-state index contributed by atoms with van der Waals surface area (Å²) in [6.07, 6.45) is 0. The van der Waals surface area contributed by atoms with E-state index < -0.39 is 0 Å². The fourth-order valence-electron chi connectivity index (χ4n) is 3.58. The Balaban J connectivity index is 1.76. The van der Waals surface area contributed by atoms with Crippen LogP contribution in [0.2, 0.25) is 0 Å². The third kappa shape index (κ3) is 3.39. The lowest BCUT2D eigenvalue weighted by Crippen LogP contribution is -2.15. The van der Waals surface area contributed by atoms with Crippen molar-refractivity contribution in [2.24, 2.45) is 0 Å². The van der Waals surface area contributed by atoms with Crippen LogP contribution in [0.25, 0.3) is 22.5 Å². The third-order valence-corrected chi connectivity index (χ3v) is 6.55. The lowest BCUT2D eigenvalue weighted by molar-refractivity contribution is 0.726. The van der Waals surface area contributed by atoms with E-state index in [-0.39, 0.29) is 0 Å². The van der Waals surface area contributed by atoms with E-state index in [0.29, 0.717) is 0 Å². The Kier molecular flexibility index (Phi) is 5.36. The van der Waals surface area contributed by atoms with Gasteiger partial charge < -0.3 is 14.4 Å². The van der Waals surface area contributed by atoms with Crippen molar-refractivity contribution in [3.63, 3.8) is 0 Å². The van der Waals surface area contributed by atoms with Crippen LogP contribution < -0.4 is 9.80 Å². The van der Waals surface area contributed by atoms with Crippen molar-refractivity contribution in [1.82, 2.24) is 9.55 Å². The second-order valence-electron chi connectivity index (χ2n) is 7.21. The molecule has 0 fully saturated rings. The predicted octanol–water partition coefficient (Wildman–Crippen LogP) is 5.24. The highest BCUT2D eigenvalue weighted by molar-refractivity contribution is 7.99. The quantitative estimate of drug-likeness (QED) is 0.573. The molecule has 0 saturated heterocycles. The van der Waals surface area contributed by atoms with E-state index in [9.17, 15) is 0 Å². The van der Waals surface area contributed by atoms with Gasteiger partial charge >= 0.3 is 0 Å². The Hall–Kier alpha value is -2.40.